The molecular weight excluding hydrogens is 444 g/mol. The number of amides is 1. The van der Waals surface area contributed by atoms with E-state index in [-0.39, 0.29) is 5.91 Å². The van der Waals surface area contributed by atoms with Crippen molar-refractivity contribution < 1.29 is 14.3 Å². The second kappa shape index (κ2) is 13.1. The molecule has 0 spiro atoms. The number of hydrogen-bond acceptors (Lipinski definition) is 5. The summed E-state index contributed by atoms with van der Waals surface area (Å²) in [7, 11) is 1.59. The number of carbonyl (C=O) groups is 1. The topological polar surface area (TPSA) is 71.3 Å². The van der Waals surface area contributed by atoms with Gasteiger partial charge in [-0.25, -0.2) is 0 Å². The Morgan fingerprint density at radius 3 is 2.53 bits per heavy atom. The van der Waals surface area contributed by atoms with Crippen molar-refractivity contribution in [2.45, 2.75) is 36.0 Å². The Morgan fingerprint density at radius 1 is 1.03 bits per heavy atom. The van der Waals surface area contributed by atoms with Gasteiger partial charge in [0.2, 0.25) is 0 Å². The van der Waals surface area contributed by atoms with Crippen LogP contribution < -0.4 is 14.8 Å². The largest absolute Gasteiger partial charge is 0.497 e. The van der Waals surface area contributed by atoms with Crippen molar-refractivity contribution in [3.05, 3.63) is 90.0 Å². The van der Waals surface area contributed by atoms with Crippen LogP contribution in [0.4, 0.5) is 5.69 Å². The maximum atomic E-state index is 12.9. The molecule has 0 radical (unpaired) electrons. The van der Waals surface area contributed by atoms with Gasteiger partial charge in [0, 0.05) is 15.4 Å². The average molecular weight is 473 g/mol. The summed E-state index contributed by atoms with van der Waals surface area (Å²) < 4.78 is 11.1. The smallest absolute Gasteiger partial charge is 0.255 e. The number of anilines is 1. The fourth-order valence-electron chi connectivity index (χ4n) is 3.13. The highest BCUT2D eigenvalue weighted by atomic mass is 32.2. The lowest BCUT2D eigenvalue weighted by molar-refractivity contribution is 0.102. The van der Waals surface area contributed by atoms with Crippen LogP contribution in [0.5, 0.6) is 11.5 Å². The average Bonchev–Trinajstić information content (AvgIpc) is 2.87. The van der Waals surface area contributed by atoms with Gasteiger partial charge in [0.05, 0.1) is 18.4 Å². The summed E-state index contributed by atoms with van der Waals surface area (Å²) in [5.41, 5.74) is 1.74. The van der Waals surface area contributed by atoms with Crippen molar-refractivity contribution in [3.63, 3.8) is 0 Å². The molecule has 1 N–H and O–H groups in total. The zero-order chi connectivity index (χ0) is 24.2. The monoisotopic (exact) mass is 472 g/mol. The van der Waals surface area contributed by atoms with E-state index in [1.807, 2.05) is 30.3 Å². The third-order valence-electron chi connectivity index (χ3n) is 5.02. The molecule has 0 heterocycles. The number of ether oxygens (including phenoxy) is 2. The third-order valence-corrected chi connectivity index (χ3v) is 6.15. The summed E-state index contributed by atoms with van der Waals surface area (Å²) in [6, 6.07) is 22.1. The summed E-state index contributed by atoms with van der Waals surface area (Å²) in [5.74, 6) is 1.15. The molecule has 3 rings (SSSR count). The molecule has 3 aromatic carbocycles. The molecule has 0 fully saturated rings. The molecular formula is C28H28N2O3S. The van der Waals surface area contributed by atoms with Crippen LogP contribution in [0.3, 0.4) is 0 Å². The van der Waals surface area contributed by atoms with Gasteiger partial charge in [-0.15, -0.1) is 0 Å². The van der Waals surface area contributed by atoms with Crippen molar-refractivity contribution in [1.82, 2.24) is 0 Å². The van der Waals surface area contributed by atoms with E-state index in [4.69, 9.17) is 9.47 Å². The molecule has 0 aliphatic rings. The van der Waals surface area contributed by atoms with Gasteiger partial charge in [0.25, 0.3) is 5.91 Å². The van der Waals surface area contributed by atoms with E-state index in [1.54, 1.807) is 49.6 Å². The number of nitriles is 1. The minimum absolute atomic E-state index is 0.230. The summed E-state index contributed by atoms with van der Waals surface area (Å²) in [6.07, 6.45) is 7.57. The SMILES string of the molecule is CCCC/C=C/COc1ccc(C(=O)Nc2ccc(OC)cc2Sc2ccccc2C#N)cc1. The minimum atomic E-state index is -0.230. The van der Waals surface area contributed by atoms with Gasteiger partial charge in [-0.05, 0) is 61.0 Å². The lowest BCUT2D eigenvalue weighted by Crippen LogP contribution is -2.12. The van der Waals surface area contributed by atoms with E-state index < -0.39 is 0 Å². The predicted molar refractivity (Wildman–Crippen MR) is 137 cm³/mol. The Bertz CT molecular complexity index is 1170. The second-order valence-electron chi connectivity index (χ2n) is 7.48. The third kappa shape index (κ3) is 7.16. The molecule has 5 nitrogen and oxygen atoms in total. The quantitative estimate of drug-likeness (QED) is 0.238. The van der Waals surface area contributed by atoms with Gasteiger partial charge in [0.15, 0.2) is 0 Å². The molecule has 0 bridgehead atoms. The van der Waals surface area contributed by atoms with Gasteiger partial charge in [-0.2, -0.15) is 5.26 Å². The summed E-state index contributed by atoms with van der Waals surface area (Å²) >= 11 is 1.41. The van der Waals surface area contributed by atoms with E-state index in [9.17, 15) is 10.1 Å². The number of nitrogens with one attached hydrogen (secondary N) is 1. The molecule has 0 aliphatic heterocycles. The van der Waals surface area contributed by atoms with Crippen LogP contribution in [0.15, 0.2) is 88.7 Å². The van der Waals surface area contributed by atoms with Crippen LogP contribution in [0.2, 0.25) is 0 Å². The lowest BCUT2D eigenvalue weighted by atomic mass is 10.2. The lowest BCUT2D eigenvalue weighted by Gasteiger charge is -2.13. The number of carbonyl (C=O) groups excluding carboxylic acids is 1. The van der Waals surface area contributed by atoms with E-state index in [2.05, 4.69) is 24.4 Å². The Labute approximate surface area is 205 Å². The highest BCUT2D eigenvalue weighted by molar-refractivity contribution is 7.99. The molecule has 1 amide bonds. The molecule has 0 aromatic heterocycles. The second-order valence-corrected chi connectivity index (χ2v) is 8.56. The maximum absolute atomic E-state index is 12.9. The molecule has 3 aromatic rings. The number of benzene rings is 3. The fraction of sp³-hybridized carbons (Fsp3) is 0.214. The van der Waals surface area contributed by atoms with Crippen molar-refractivity contribution in [3.8, 4) is 17.6 Å². The van der Waals surface area contributed by atoms with Crippen molar-refractivity contribution in [2.24, 2.45) is 0 Å². The minimum Gasteiger partial charge on any atom is -0.497 e. The Morgan fingerprint density at radius 2 is 1.79 bits per heavy atom. The first-order chi connectivity index (χ1) is 16.6. The van der Waals surface area contributed by atoms with Crippen molar-refractivity contribution in [2.75, 3.05) is 19.0 Å². The van der Waals surface area contributed by atoms with Gasteiger partial charge in [0.1, 0.15) is 24.2 Å². The van der Waals surface area contributed by atoms with Gasteiger partial charge in [-0.1, -0.05) is 55.8 Å². The molecule has 6 heteroatoms. The summed E-state index contributed by atoms with van der Waals surface area (Å²) in [5, 5.41) is 12.4. The molecule has 0 atom stereocenters. The molecule has 174 valence electrons. The van der Waals surface area contributed by atoms with Crippen LogP contribution in [-0.4, -0.2) is 19.6 Å². The zero-order valence-corrected chi connectivity index (χ0v) is 20.2. The number of hydrogen-bond donors (Lipinski definition) is 1. The maximum Gasteiger partial charge on any atom is 0.255 e. The van der Waals surface area contributed by atoms with E-state index in [0.29, 0.717) is 34.9 Å². The van der Waals surface area contributed by atoms with Crippen LogP contribution in [0.1, 0.15) is 42.1 Å². The van der Waals surface area contributed by atoms with Crippen molar-refractivity contribution in [1.29, 1.82) is 5.26 Å². The molecule has 0 saturated carbocycles. The van der Waals surface area contributed by atoms with Crippen LogP contribution in [0.25, 0.3) is 0 Å². The number of nitrogens with zero attached hydrogens (tertiary/aromatic N) is 1. The molecule has 34 heavy (non-hydrogen) atoms. The van der Waals surface area contributed by atoms with E-state index in [0.717, 1.165) is 16.2 Å². The first-order valence-corrected chi connectivity index (χ1v) is 12.0. The van der Waals surface area contributed by atoms with Crippen LogP contribution >= 0.6 is 11.8 Å². The highest BCUT2D eigenvalue weighted by Crippen LogP contribution is 2.37. The molecule has 0 unspecified atom stereocenters. The van der Waals surface area contributed by atoms with Gasteiger partial charge in [-0.3, -0.25) is 4.79 Å². The van der Waals surface area contributed by atoms with E-state index in [1.165, 1.54) is 24.6 Å². The van der Waals surface area contributed by atoms with Crippen LogP contribution in [-0.2, 0) is 0 Å². The first kappa shape index (κ1) is 24.9. The first-order valence-electron chi connectivity index (χ1n) is 11.2. The van der Waals surface area contributed by atoms with Crippen molar-refractivity contribution >= 4 is 23.4 Å². The fourth-order valence-corrected chi connectivity index (χ4v) is 4.14. The van der Waals surface area contributed by atoms with E-state index >= 15 is 0 Å². The Hall–Kier alpha value is -3.69. The number of methoxy groups -OCH3 is 1. The Balaban J connectivity index is 1.69. The number of allylic oxidation sites excluding steroid dienone is 1. The standard InChI is InChI=1S/C28H28N2O3S/c1-3-4-5-6-9-18-33-23-14-12-21(13-15-23)28(31)30-25-17-16-24(32-2)19-27(25)34-26-11-8-7-10-22(26)20-29/h6-17,19H,3-5,18H2,1-2H3,(H,30,31)/b9-6+. The van der Waals surface area contributed by atoms with Gasteiger partial charge >= 0.3 is 0 Å². The summed E-state index contributed by atoms with van der Waals surface area (Å²) in [4.78, 5) is 14.5. The predicted octanol–water partition coefficient (Wildman–Crippen LogP) is 7.10. The van der Waals surface area contributed by atoms with Gasteiger partial charge < -0.3 is 14.8 Å². The molecule has 0 aliphatic carbocycles. The normalized spacial score (nSPS) is 10.6. The van der Waals surface area contributed by atoms with Crippen LogP contribution in [0, 0.1) is 11.3 Å². The molecule has 0 saturated heterocycles. The number of unbranched alkanes of at least 4 members (excludes halogenated alkanes) is 2. The highest BCUT2D eigenvalue weighted by Gasteiger charge is 2.13. The number of rotatable bonds is 11. The summed E-state index contributed by atoms with van der Waals surface area (Å²) in [6.45, 7) is 2.68. The zero-order valence-electron chi connectivity index (χ0n) is 19.4. The Kier molecular flexibility index (Phi) is 9.63.